The fourth-order valence-electron chi connectivity index (χ4n) is 1.34. The standard InChI is InChI=1S/C12H16ClNO/c1-14(12(15)7-9-13)10-8-11-5-3-2-4-6-11/h2-6H,7-10H2,1H3. The summed E-state index contributed by atoms with van der Waals surface area (Å²) >= 11 is 5.51. The van der Waals surface area contributed by atoms with Crippen molar-refractivity contribution in [2.24, 2.45) is 0 Å². The lowest BCUT2D eigenvalue weighted by atomic mass is 10.1. The molecule has 15 heavy (non-hydrogen) atoms. The van der Waals surface area contributed by atoms with Crippen LogP contribution in [0, 0.1) is 0 Å². The predicted molar refractivity (Wildman–Crippen MR) is 63.1 cm³/mol. The highest BCUT2D eigenvalue weighted by atomic mass is 35.5. The molecule has 1 aromatic carbocycles. The van der Waals surface area contributed by atoms with Gasteiger partial charge in [-0.3, -0.25) is 4.79 Å². The van der Waals surface area contributed by atoms with Gasteiger partial charge in [-0.15, -0.1) is 11.6 Å². The molecule has 0 N–H and O–H groups in total. The highest BCUT2D eigenvalue weighted by Crippen LogP contribution is 2.01. The number of alkyl halides is 1. The number of benzene rings is 1. The molecule has 0 aliphatic carbocycles. The first-order valence-electron chi connectivity index (χ1n) is 5.08. The Morgan fingerprint density at radius 2 is 2.00 bits per heavy atom. The summed E-state index contributed by atoms with van der Waals surface area (Å²) in [6.45, 7) is 0.750. The Bertz CT molecular complexity index is 300. The second kappa shape index (κ2) is 6.46. The average Bonchev–Trinajstić information content (AvgIpc) is 2.27. The molecular weight excluding hydrogens is 210 g/mol. The highest BCUT2D eigenvalue weighted by Gasteiger charge is 2.06. The fourth-order valence-corrected chi connectivity index (χ4v) is 1.50. The van der Waals surface area contributed by atoms with Crippen molar-refractivity contribution < 1.29 is 4.79 Å². The van der Waals surface area contributed by atoms with Gasteiger partial charge in [0, 0.05) is 25.9 Å². The highest BCUT2D eigenvalue weighted by molar-refractivity contribution is 6.18. The van der Waals surface area contributed by atoms with Crippen LogP contribution >= 0.6 is 11.6 Å². The SMILES string of the molecule is CN(CCc1ccccc1)C(=O)CCCl. The molecule has 0 aromatic heterocycles. The minimum atomic E-state index is 0.112. The van der Waals surface area contributed by atoms with E-state index in [0.29, 0.717) is 12.3 Å². The molecule has 0 saturated carbocycles. The largest absolute Gasteiger partial charge is 0.345 e. The Hall–Kier alpha value is -1.02. The van der Waals surface area contributed by atoms with E-state index in [-0.39, 0.29) is 5.91 Å². The number of carbonyl (C=O) groups excluding carboxylic acids is 1. The van der Waals surface area contributed by atoms with E-state index in [1.807, 2.05) is 25.2 Å². The van der Waals surface area contributed by atoms with Gasteiger partial charge in [-0.2, -0.15) is 0 Å². The van der Waals surface area contributed by atoms with Crippen LogP contribution in [0.1, 0.15) is 12.0 Å². The van der Waals surface area contributed by atoms with E-state index in [2.05, 4.69) is 12.1 Å². The first-order valence-corrected chi connectivity index (χ1v) is 5.61. The predicted octanol–water partition coefficient (Wildman–Crippen LogP) is 2.32. The third kappa shape index (κ3) is 4.34. The lowest BCUT2D eigenvalue weighted by Crippen LogP contribution is -2.28. The van der Waals surface area contributed by atoms with E-state index in [0.717, 1.165) is 13.0 Å². The number of hydrogen-bond donors (Lipinski definition) is 0. The average molecular weight is 226 g/mol. The Morgan fingerprint density at radius 3 is 2.60 bits per heavy atom. The van der Waals surface area contributed by atoms with E-state index in [1.165, 1.54) is 5.56 Å². The summed E-state index contributed by atoms with van der Waals surface area (Å²) in [6, 6.07) is 10.2. The van der Waals surface area contributed by atoms with Gasteiger partial charge in [-0.1, -0.05) is 30.3 Å². The second-order valence-corrected chi connectivity index (χ2v) is 3.87. The number of carbonyl (C=O) groups is 1. The van der Waals surface area contributed by atoms with Crippen LogP contribution in [-0.2, 0) is 11.2 Å². The van der Waals surface area contributed by atoms with Gasteiger partial charge in [-0.25, -0.2) is 0 Å². The van der Waals surface area contributed by atoms with Crippen molar-refractivity contribution in [1.82, 2.24) is 4.90 Å². The van der Waals surface area contributed by atoms with Crippen LogP contribution < -0.4 is 0 Å². The lowest BCUT2D eigenvalue weighted by molar-refractivity contribution is -0.129. The topological polar surface area (TPSA) is 20.3 Å². The fraction of sp³-hybridized carbons (Fsp3) is 0.417. The number of hydrogen-bond acceptors (Lipinski definition) is 1. The summed E-state index contributed by atoms with van der Waals surface area (Å²) in [4.78, 5) is 13.1. The summed E-state index contributed by atoms with van der Waals surface area (Å²) in [7, 11) is 1.82. The van der Waals surface area contributed by atoms with Crippen molar-refractivity contribution in [3.63, 3.8) is 0 Å². The maximum Gasteiger partial charge on any atom is 0.223 e. The third-order valence-corrected chi connectivity index (χ3v) is 2.50. The molecule has 0 unspecified atom stereocenters. The molecule has 0 radical (unpaired) electrons. The van der Waals surface area contributed by atoms with Gasteiger partial charge in [0.25, 0.3) is 0 Å². The Balaban J connectivity index is 2.34. The lowest BCUT2D eigenvalue weighted by Gasteiger charge is -2.16. The smallest absolute Gasteiger partial charge is 0.223 e. The quantitative estimate of drug-likeness (QED) is 0.705. The van der Waals surface area contributed by atoms with E-state index in [4.69, 9.17) is 11.6 Å². The molecule has 1 aromatic rings. The van der Waals surface area contributed by atoms with Gasteiger partial charge in [-0.05, 0) is 12.0 Å². The van der Waals surface area contributed by atoms with E-state index in [1.54, 1.807) is 4.90 Å². The first kappa shape index (κ1) is 12.1. The van der Waals surface area contributed by atoms with Gasteiger partial charge in [0.15, 0.2) is 0 Å². The Labute approximate surface area is 95.8 Å². The van der Waals surface area contributed by atoms with E-state index >= 15 is 0 Å². The molecule has 0 saturated heterocycles. The zero-order valence-electron chi connectivity index (χ0n) is 8.95. The number of likely N-dealkylation sites (N-methyl/N-ethyl adjacent to an activating group) is 1. The van der Waals surface area contributed by atoms with E-state index < -0.39 is 0 Å². The summed E-state index contributed by atoms with van der Waals surface area (Å²) in [5, 5.41) is 0. The zero-order chi connectivity index (χ0) is 11.1. The third-order valence-electron chi connectivity index (χ3n) is 2.31. The molecule has 3 heteroatoms. The maximum atomic E-state index is 11.4. The molecule has 0 aliphatic rings. The van der Waals surface area contributed by atoms with Crippen LogP contribution in [0.3, 0.4) is 0 Å². The van der Waals surface area contributed by atoms with Crippen molar-refractivity contribution in [3.8, 4) is 0 Å². The number of nitrogens with zero attached hydrogens (tertiary/aromatic N) is 1. The van der Waals surface area contributed by atoms with Crippen LogP contribution in [0.4, 0.5) is 0 Å². The summed E-state index contributed by atoms with van der Waals surface area (Å²) in [5.74, 6) is 0.509. The van der Waals surface area contributed by atoms with Crippen LogP contribution in [-0.4, -0.2) is 30.3 Å². The van der Waals surface area contributed by atoms with Crippen LogP contribution in [0.2, 0.25) is 0 Å². The molecule has 2 nitrogen and oxygen atoms in total. The Kier molecular flexibility index (Phi) is 5.19. The van der Waals surface area contributed by atoms with Gasteiger partial charge < -0.3 is 4.90 Å². The molecule has 0 atom stereocenters. The van der Waals surface area contributed by atoms with Crippen LogP contribution in [0.5, 0.6) is 0 Å². The van der Waals surface area contributed by atoms with Crippen molar-refractivity contribution >= 4 is 17.5 Å². The number of amides is 1. The molecular formula is C12H16ClNO. The molecule has 0 heterocycles. The summed E-state index contributed by atoms with van der Waals surface area (Å²) < 4.78 is 0. The zero-order valence-corrected chi connectivity index (χ0v) is 9.70. The summed E-state index contributed by atoms with van der Waals surface area (Å²) in [6.07, 6.45) is 1.32. The molecule has 1 rings (SSSR count). The minimum absolute atomic E-state index is 0.112. The monoisotopic (exact) mass is 225 g/mol. The van der Waals surface area contributed by atoms with Gasteiger partial charge in [0.2, 0.25) is 5.91 Å². The molecule has 82 valence electrons. The molecule has 0 fully saturated rings. The van der Waals surface area contributed by atoms with Crippen molar-refractivity contribution in [1.29, 1.82) is 0 Å². The van der Waals surface area contributed by atoms with Crippen molar-refractivity contribution in [2.75, 3.05) is 19.5 Å². The van der Waals surface area contributed by atoms with Gasteiger partial charge in [0.1, 0.15) is 0 Å². The second-order valence-electron chi connectivity index (χ2n) is 3.49. The normalized spacial score (nSPS) is 10.0. The molecule has 1 amide bonds. The molecule has 0 aliphatic heterocycles. The van der Waals surface area contributed by atoms with Gasteiger partial charge >= 0.3 is 0 Å². The molecule has 0 bridgehead atoms. The first-order chi connectivity index (χ1) is 7.24. The Morgan fingerprint density at radius 1 is 1.33 bits per heavy atom. The van der Waals surface area contributed by atoms with Crippen LogP contribution in [0.15, 0.2) is 30.3 Å². The number of halogens is 1. The minimum Gasteiger partial charge on any atom is -0.345 e. The van der Waals surface area contributed by atoms with Crippen molar-refractivity contribution in [3.05, 3.63) is 35.9 Å². The van der Waals surface area contributed by atoms with Crippen molar-refractivity contribution in [2.45, 2.75) is 12.8 Å². The number of rotatable bonds is 5. The molecule has 0 spiro atoms. The summed E-state index contributed by atoms with van der Waals surface area (Å²) in [5.41, 5.74) is 1.25. The van der Waals surface area contributed by atoms with Gasteiger partial charge in [0.05, 0.1) is 0 Å². The van der Waals surface area contributed by atoms with Crippen LogP contribution in [0.25, 0.3) is 0 Å². The maximum absolute atomic E-state index is 11.4. The van der Waals surface area contributed by atoms with E-state index in [9.17, 15) is 4.79 Å².